The SMILES string of the molecule is CC(C)(C)[Si](C)(C)OCC1=CC(=O)[C@@H]2O[C@@H]2[C@H]1O[Si](C)(C)C(C)(C)C. The van der Waals surface area contributed by atoms with Crippen LogP contribution in [0.3, 0.4) is 0 Å². The van der Waals surface area contributed by atoms with Crippen molar-refractivity contribution in [2.45, 2.75) is 96.1 Å². The zero-order chi connectivity index (χ0) is 19.4. The molecule has 0 N–H and O–H groups in total. The van der Waals surface area contributed by atoms with Gasteiger partial charge in [-0.05, 0) is 47.9 Å². The van der Waals surface area contributed by atoms with E-state index in [0.717, 1.165) is 5.57 Å². The molecule has 25 heavy (non-hydrogen) atoms. The van der Waals surface area contributed by atoms with E-state index in [9.17, 15) is 4.79 Å². The number of hydrogen-bond donors (Lipinski definition) is 0. The number of carbonyl (C=O) groups is 1. The molecule has 1 aliphatic heterocycles. The molecule has 0 saturated carbocycles. The van der Waals surface area contributed by atoms with Gasteiger partial charge in [0.05, 0.1) is 12.7 Å². The van der Waals surface area contributed by atoms with E-state index in [1.54, 1.807) is 6.08 Å². The van der Waals surface area contributed by atoms with E-state index in [-0.39, 0.29) is 34.2 Å². The molecule has 1 fully saturated rings. The quantitative estimate of drug-likeness (QED) is 0.510. The van der Waals surface area contributed by atoms with Gasteiger partial charge in [-0.2, -0.15) is 0 Å². The first kappa shape index (κ1) is 21.0. The number of rotatable bonds is 5. The summed E-state index contributed by atoms with van der Waals surface area (Å²) in [6, 6.07) is 0. The molecule has 2 rings (SSSR count). The maximum absolute atomic E-state index is 12.2. The van der Waals surface area contributed by atoms with Crippen LogP contribution in [-0.2, 0) is 18.4 Å². The maximum Gasteiger partial charge on any atom is 0.193 e. The van der Waals surface area contributed by atoms with Crippen LogP contribution in [0.1, 0.15) is 41.5 Å². The number of ether oxygens (including phenoxy) is 1. The van der Waals surface area contributed by atoms with Crippen molar-refractivity contribution < 1.29 is 18.4 Å². The van der Waals surface area contributed by atoms with Crippen molar-refractivity contribution in [1.82, 2.24) is 0 Å². The molecule has 0 amide bonds. The smallest absolute Gasteiger partial charge is 0.193 e. The van der Waals surface area contributed by atoms with Gasteiger partial charge in [0.1, 0.15) is 12.2 Å². The summed E-state index contributed by atoms with van der Waals surface area (Å²) in [4.78, 5) is 12.2. The lowest BCUT2D eigenvalue weighted by atomic mass is 9.96. The van der Waals surface area contributed by atoms with Gasteiger partial charge >= 0.3 is 0 Å². The van der Waals surface area contributed by atoms with Crippen LogP contribution in [0.2, 0.25) is 36.3 Å². The van der Waals surface area contributed by atoms with Gasteiger partial charge in [0.2, 0.25) is 0 Å². The van der Waals surface area contributed by atoms with E-state index in [1.807, 2.05) is 0 Å². The molecule has 2 aliphatic rings. The van der Waals surface area contributed by atoms with Crippen molar-refractivity contribution in [1.29, 1.82) is 0 Å². The Labute approximate surface area is 155 Å². The lowest BCUT2D eigenvalue weighted by Gasteiger charge is -2.41. The van der Waals surface area contributed by atoms with E-state index in [1.165, 1.54) is 0 Å². The summed E-state index contributed by atoms with van der Waals surface area (Å²) in [6.45, 7) is 22.8. The van der Waals surface area contributed by atoms with Gasteiger partial charge in [-0.25, -0.2) is 0 Å². The van der Waals surface area contributed by atoms with Crippen LogP contribution in [0.25, 0.3) is 0 Å². The van der Waals surface area contributed by atoms with Crippen LogP contribution in [0.15, 0.2) is 11.6 Å². The number of carbonyl (C=O) groups excluding carboxylic acids is 1. The van der Waals surface area contributed by atoms with Gasteiger partial charge in [0.15, 0.2) is 22.4 Å². The Morgan fingerprint density at radius 2 is 1.52 bits per heavy atom. The molecule has 0 radical (unpaired) electrons. The molecule has 0 aromatic carbocycles. The normalized spacial score (nSPS) is 27.8. The zero-order valence-corrected chi connectivity index (χ0v) is 19.6. The Morgan fingerprint density at radius 3 is 2.00 bits per heavy atom. The van der Waals surface area contributed by atoms with Crippen molar-refractivity contribution in [2.24, 2.45) is 0 Å². The molecule has 1 saturated heterocycles. The van der Waals surface area contributed by atoms with Gasteiger partial charge in [0, 0.05) is 0 Å². The van der Waals surface area contributed by atoms with Gasteiger partial charge in [-0.3, -0.25) is 4.79 Å². The summed E-state index contributed by atoms with van der Waals surface area (Å²) in [5, 5.41) is 0.255. The second-order valence-corrected chi connectivity index (χ2v) is 20.1. The lowest BCUT2D eigenvalue weighted by Crippen LogP contribution is -2.48. The molecular weight excluding hydrogens is 348 g/mol. The van der Waals surface area contributed by atoms with Crippen LogP contribution in [0.4, 0.5) is 0 Å². The summed E-state index contributed by atoms with van der Waals surface area (Å²) in [7, 11) is -3.84. The number of fused-ring (bicyclic) bond motifs is 1. The third-order valence-corrected chi connectivity index (χ3v) is 15.4. The third kappa shape index (κ3) is 4.35. The fourth-order valence-electron chi connectivity index (χ4n) is 2.38. The maximum atomic E-state index is 12.2. The largest absolute Gasteiger partial charge is 0.413 e. The van der Waals surface area contributed by atoms with Crippen molar-refractivity contribution in [3.05, 3.63) is 11.6 Å². The average molecular weight is 385 g/mol. The predicted molar refractivity (Wildman–Crippen MR) is 107 cm³/mol. The molecule has 0 unspecified atom stereocenters. The van der Waals surface area contributed by atoms with Gasteiger partial charge < -0.3 is 13.6 Å². The Kier molecular flexibility index (Phi) is 5.39. The summed E-state index contributed by atoms with van der Waals surface area (Å²) in [6.07, 6.45) is 1.16. The van der Waals surface area contributed by atoms with Crippen molar-refractivity contribution in [3.8, 4) is 0 Å². The lowest BCUT2D eigenvalue weighted by molar-refractivity contribution is -0.116. The molecule has 1 aliphatic carbocycles. The van der Waals surface area contributed by atoms with Crippen LogP contribution in [0, 0.1) is 0 Å². The number of hydrogen-bond acceptors (Lipinski definition) is 4. The highest BCUT2D eigenvalue weighted by molar-refractivity contribution is 6.74. The topological polar surface area (TPSA) is 48.1 Å². The van der Waals surface area contributed by atoms with Crippen molar-refractivity contribution >= 4 is 22.4 Å². The van der Waals surface area contributed by atoms with Crippen LogP contribution < -0.4 is 0 Å². The first-order valence-corrected chi connectivity index (χ1v) is 15.1. The Morgan fingerprint density at radius 1 is 1.00 bits per heavy atom. The number of epoxide rings is 1. The molecule has 144 valence electrons. The highest BCUT2D eigenvalue weighted by atomic mass is 28.4. The standard InChI is InChI=1S/C19H36O4Si2/c1-18(2,3)24(7,8)21-12-13-11-14(20)16-17(22-16)15(13)23-25(9,10)19(4,5)6/h11,15-17H,12H2,1-10H3/t15-,16-,17+/m0/s1. The van der Waals surface area contributed by atoms with E-state index >= 15 is 0 Å². The Hall–Kier alpha value is -0.276. The third-order valence-electron chi connectivity index (χ3n) is 6.43. The summed E-state index contributed by atoms with van der Waals surface area (Å²) in [5.41, 5.74) is 0.957. The van der Waals surface area contributed by atoms with Gasteiger partial charge in [-0.1, -0.05) is 41.5 Å². The van der Waals surface area contributed by atoms with Gasteiger partial charge in [-0.15, -0.1) is 0 Å². The molecule has 0 bridgehead atoms. The van der Waals surface area contributed by atoms with Gasteiger partial charge in [0.25, 0.3) is 0 Å². The van der Waals surface area contributed by atoms with E-state index < -0.39 is 16.6 Å². The highest BCUT2D eigenvalue weighted by Crippen LogP contribution is 2.44. The second-order valence-electron chi connectivity index (χ2n) is 10.5. The molecule has 4 nitrogen and oxygen atoms in total. The average Bonchev–Trinajstić information content (AvgIpc) is 3.18. The Balaban J connectivity index is 2.18. The van der Waals surface area contributed by atoms with E-state index in [4.69, 9.17) is 13.6 Å². The Bertz CT molecular complexity index is 567. The fourth-order valence-corrected chi connectivity index (χ4v) is 4.62. The molecule has 0 aromatic heterocycles. The first-order valence-electron chi connectivity index (χ1n) is 9.28. The van der Waals surface area contributed by atoms with Crippen LogP contribution in [-0.4, -0.2) is 47.3 Å². The minimum Gasteiger partial charge on any atom is -0.413 e. The molecule has 1 heterocycles. The monoisotopic (exact) mass is 384 g/mol. The van der Waals surface area contributed by atoms with Crippen LogP contribution in [0.5, 0.6) is 0 Å². The molecule has 0 spiro atoms. The second kappa shape index (κ2) is 6.41. The van der Waals surface area contributed by atoms with E-state index in [2.05, 4.69) is 67.7 Å². The summed E-state index contributed by atoms with van der Waals surface area (Å²) < 4.78 is 18.7. The number of ketones is 1. The molecule has 0 aromatic rings. The molecular formula is C19H36O4Si2. The predicted octanol–water partition coefficient (Wildman–Crippen LogP) is 4.68. The van der Waals surface area contributed by atoms with E-state index in [0.29, 0.717) is 6.61 Å². The summed E-state index contributed by atoms with van der Waals surface area (Å²) in [5.74, 6) is 0.0638. The molecule has 3 atom stereocenters. The van der Waals surface area contributed by atoms with Crippen LogP contribution >= 0.6 is 0 Å². The fraction of sp³-hybridized carbons (Fsp3) is 0.842. The summed E-state index contributed by atoms with van der Waals surface area (Å²) >= 11 is 0. The van der Waals surface area contributed by atoms with Crippen molar-refractivity contribution in [3.63, 3.8) is 0 Å². The highest BCUT2D eigenvalue weighted by Gasteiger charge is 2.56. The minimum atomic E-state index is -1.96. The van der Waals surface area contributed by atoms with Crippen molar-refractivity contribution in [2.75, 3.05) is 6.61 Å². The molecule has 6 heteroatoms. The zero-order valence-electron chi connectivity index (χ0n) is 17.6. The minimum absolute atomic E-state index is 0.0638. The first-order chi connectivity index (χ1) is 11.1.